The van der Waals surface area contributed by atoms with E-state index < -0.39 is 0 Å². The Morgan fingerprint density at radius 2 is 2.11 bits per heavy atom. The zero-order valence-electron chi connectivity index (χ0n) is 12.1. The minimum absolute atomic E-state index is 0.0891. The second-order valence-corrected chi connectivity index (χ2v) is 6.02. The van der Waals surface area contributed by atoms with Crippen LogP contribution in [0.5, 0.6) is 5.75 Å². The van der Waals surface area contributed by atoms with Crippen LogP contribution in [0.1, 0.15) is 39.2 Å². The summed E-state index contributed by atoms with van der Waals surface area (Å²) < 4.78 is 11.4. The van der Waals surface area contributed by atoms with Crippen molar-refractivity contribution in [3.8, 4) is 5.75 Å². The second kappa shape index (κ2) is 6.35. The number of hydrogen-bond acceptors (Lipinski definition) is 4. The lowest BCUT2D eigenvalue weighted by atomic mass is 10.1. The molecule has 0 amide bonds. The number of pyridine rings is 1. The molecule has 1 fully saturated rings. The average molecular weight is 264 g/mol. The Morgan fingerprint density at radius 1 is 1.37 bits per heavy atom. The molecular weight excluding hydrogens is 240 g/mol. The highest BCUT2D eigenvalue weighted by molar-refractivity contribution is 5.30. The van der Waals surface area contributed by atoms with Gasteiger partial charge in [-0.15, -0.1) is 0 Å². The van der Waals surface area contributed by atoms with Crippen molar-refractivity contribution < 1.29 is 9.47 Å². The lowest BCUT2D eigenvalue weighted by Gasteiger charge is -2.25. The van der Waals surface area contributed by atoms with Crippen LogP contribution in [-0.2, 0) is 11.3 Å². The molecule has 106 valence electrons. The van der Waals surface area contributed by atoms with E-state index in [0.717, 1.165) is 43.9 Å². The Morgan fingerprint density at radius 3 is 2.79 bits per heavy atom. The molecule has 0 aliphatic carbocycles. The van der Waals surface area contributed by atoms with Crippen LogP contribution in [0, 0.1) is 0 Å². The first kappa shape index (κ1) is 14.3. The molecule has 0 saturated carbocycles. The van der Waals surface area contributed by atoms with E-state index in [4.69, 9.17) is 9.47 Å². The van der Waals surface area contributed by atoms with Crippen molar-refractivity contribution in [3.05, 3.63) is 24.0 Å². The van der Waals surface area contributed by atoms with Gasteiger partial charge in [-0.3, -0.25) is 4.98 Å². The van der Waals surface area contributed by atoms with Crippen LogP contribution in [0.3, 0.4) is 0 Å². The molecule has 2 heterocycles. The summed E-state index contributed by atoms with van der Waals surface area (Å²) in [6.45, 7) is 8.83. The Labute approximate surface area is 115 Å². The van der Waals surface area contributed by atoms with Gasteiger partial charge in [0.05, 0.1) is 13.2 Å². The maximum atomic E-state index is 6.09. The lowest BCUT2D eigenvalue weighted by molar-refractivity contribution is 0.0251. The molecule has 19 heavy (non-hydrogen) atoms. The van der Waals surface area contributed by atoms with E-state index in [9.17, 15) is 0 Å². The zero-order chi connectivity index (χ0) is 13.7. The summed E-state index contributed by atoms with van der Waals surface area (Å²) in [5, 5.41) is 3.47. The van der Waals surface area contributed by atoms with Gasteiger partial charge in [0.1, 0.15) is 11.9 Å². The van der Waals surface area contributed by atoms with Gasteiger partial charge in [0.15, 0.2) is 0 Å². The van der Waals surface area contributed by atoms with Gasteiger partial charge >= 0.3 is 0 Å². The van der Waals surface area contributed by atoms with Crippen molar-refractivity contribution in [1.82, 2.24) is 10.3 Å². The Kier molecular flexibility index (Phi) is 4.77. The highest BCUT2D eigenvalue weighted by Gasteiger charge is 2.17. The fourth-order valence-electron chi connectivity index (χ4n) is 2.00. The molecule has 1 aliphatic heterocycles. The molecule has 4 heteroatoms. The Bertz CT molecular complexity index is 395. The molecule has 1 N–H and O–H groups in total. The molecule has 1 aromatic rings. The van der Waals surface area contributed by atoms with Gasteiger partial charge in [-0.2, -0.15) is 0 Å². The van der Waals surface area contributed by atoms with Gasteiger partial charge in [0.2, 0.25) is 0 Å². The molecule has 0 radical (unpaired) electrons. The molecule has 2 rings (SSSR count). The van der Waals surface area contributed by atoms with Gasteiger partial charge in [-0.25, -0.2) is 0 Å². The normalized spacial score (nSPS) is 17.4. The third-order valence-corrected chi connectivity index (χ3v) is 3.13. The molecule has 1 aliphatic rings. The fraction of sp³-hybridized carbons (Fsp3) is 0.667. The predicted octanol–water partition coefficient (Wildman–Crippen LogP) is 2.53. The Hall–Kier alpha value is -1.13. The van der Waals surface area contributed by atoms with Crippen LogP contribution in [-0.4, -0.2) is 29.8 Å². The van der Waals surface area contributed by atoms with Crippen LogP contribution < -0.4 is 10.1 Å². The average Bonchev–Trinajstić information content (AvgIpc) is 2.38. The van der Waals surface area contributed by atoms with Crippen LogP contribution in [0.4, 0.5) is 0 Å². The largest absolute Gasteiger partial charge is 0.490 e. The maximum absolute atomic E-state index is 6.09. The third-order valence-electron chi connectivity index (χ3n) is 3.13. The van der Waals surface area contributed by atoms with Crippen molar-refractivity contribution in [1.29, 1.82) is 0 Å². The second-order valence-electron chi connectivity index (χ2n) is 6.02. The quantitative estimate of drug-likeness (QED) is 0.907. The standard InChI is InChI=1S/C15H24N2O2/c1-15(2,3)17-11-12-10-16-7-4-14(12)19-13-5-8-18-9-6-13/h4,7,10,13,17H,5-6,8-9,11H2,1-3H3. The van der Waals surface area contributed by atoms with E-state index in [-0.39, 0.29) is 11.6 Å². The molecule has 0 atom stereocenters. The van der Waals surface area contributed by atoms with Crippen molar-refractivity contribution in [3.63, 3.8) is 0 Å². The van der Waals surface area contributed by atoms with Crippen molar-refractivity contribution in [2.75, 3.05) is 13.2 Å². The number of nitrogens with zero attached hydrogens (tertiary/aromatic N) is 1. The van der Waals surface area contributed by atoms with Crippen LogP contribution in [0.15, 0.2) is 18.5 Å². The summed E-state index contributed by atoms with van der Waals surface area (Å²) in [6, 6.07) is 1.95. The summed E-state index contributed by atoms with van der Waals surface area (Å²) in [7, 11) is 0. The van der Waals surface area contributed by atoms with E-state index in [1.165, 1.54) is 0 Å². The molecule has 0 aromatic carbocycles. The van der Waals surface area contributed by atoms with Crippen LogP contribution >= 0.6 is 0 Å². The number of rotatable bonds is 4. The summed E-state index contributed by atoms with van der Waals surface area (Å²) in [6.07, 6.45) is 5.87. The summed E-state index contributed by atoms with van der Waals surface area (Å²) in [5.41, 5.74) is 1.20. The van der Waals surface area contributed by atoms with E-state index in [0.29, 0.717) is 0 Å². The van der Waals surface area contributed by atoms with Gasteiger partial charge in [0, 0.05) is 42.9 Å². The van der Waals surface area contributed by atoms with Crippen molar-refractivity contribution >= 4 is 0 Å². The predicted molar refractivity (Wildman–Crippen MR) is 75.3 cm³/mol. The highest BCUT2D eigenvalue weighted by atomic mass is 16.5. The molecule has 1 aromatic heterocycles. The topological polar surface area (TPSA) is 43.4 Å². The molecular formula is C15H24N2O2. The first-order valence-electron chi connectivity index (χ1n) is 6.97. The smallest absolute Gasteiger partial charge is 0.127 e. The van der Waals surface area contributed by atoms with E-state index in [1.807, 2.05) is 12.3 Å². The van der Waals surface area contributed by atoms with E-state index >= 15 is 0 Å². The monoisotopic (exact) mass is 264 g/mol. The number of ether oxygens (including phenoxy) is 2. The minimum Gasteiger partial charge on any atom is -0.490 e. The molecule has 1 saturated heterocycles. The highest BCUT2D eigenvalue weighted by Crippen LogP contribution is 2.22. The fourth-order valence-corrected chi connectivity index (χ4v) is 2.00. The summed E-state index contributed by atoms with van der Waals surface area (Å²) in [5.74, 6) is 0.943. The minimum atomic E-state index is 0.0891. The SMILES string of the molecule is CC(C)(C)NCc1cnccc1OC1CCOCC1. The molecule has 0 spiro atoms. The first-order valence-corrected chi connectivity index (χ1v) is 6.97. The van der Waals surface area contributed by atoms with Gasteiger partial charge in [0.25, 0.3) is 0 Å². The zero-order valence-corrected chi connectivity index (χ0v) is 12.1. The van der Waals surface area contributed by atoms with Crippen molar-refractivity contribution in [2.24, 2.45) is 0 Å². The van der Waals surface area contributed by atoms with Gasteiger partial charge in [-0.1, -0.05) is 0 Å². The summed E-state index contributed by atoms with van der Waals surface area (Å²) in [4.78, 5) is 4.19. The maximum Gasteiger partial charge on any atom is 0.127 e. The Balaban J connectivity index is 1.99. The van der Waals surface area contributed by atoms with E-state index in [1.54, 1.807) is 6.20 Å². The van der Waals surface area contributed by atoms with Gasteiger partial charge in [-0.05, 0) is 26.8 Å². The van der Waals surface area contributed by atoms with Crippen molar-refractivity contribution in [2.45, 2.75) is 51.8 Å². The van der Waals surface area contributed by atoms with E-state index in [2.05, 4.69) is 31.1 Å². The van der Waals surface area contributed by atoms with Crippen LogP contribution in [0.2, 0.25) is 0 Å². The number of nitrogens with one attached hydrogen (secondary N) is 1. The lowest BCUT2D eigenvalue weighted by Crippen LogP contribution is -2.35. The van der Waals surface area contributed by atoms with Gasteiger partial charge < -0.3 is 14.8 Å². The first-order chi connectivity index (χ1) is 9.04. The molecule has 0 unspecified atom stereocenters. The summed E-state index contributed by atoms with van der Waals surface area (Å²) >= 11 is 0. The molecule has 4 nitrogen and oxygen atoms in total. The molecule has 0 bridgehead atoms. The third kappa shape index (κ3) is 4.80. The number of aromatic nitrogens is 1. The van der Waals surface area contributed by atoms with Crippen LogP contribution in [0.25, 0.3) is 0 Å². The number of hydrogen-bond donors (Lipinski definition) is 1.